The molecule has 0 saturated heterocycles. The Morgan fingerprint density at radius 1 is 1.30 bits per heavy atom. The lowest BCUT2D eigenvalue weighted by Gasteiger charge is -2.20. The van der Waals surface area contributed by atoms with Gasteiger partial charge in [-0.25, -0.2) is 0 Å². The SMILES string of the molecule is CCOCCN(CC)C(=O)CCc1ccccc1N.Cl. The number of halogens is 1. The topological polar surface area (TPSA) is 55.6 Å². The fourth-order valence-electron chi connectivity index (χ4n) is 1.94. The standard InChI is InChI=1S/C15H24N2O2.ClH/c1-3-17(11-12-19-4-2)15(18)10-9-13-7-5-6-8-14(13)16;/h5-8H,3-4,9-12,16H2,1-2H3;1H. The van der Waals surface area contributed by atoms with Gasteiger partial charge in [-0.2, -0.15) is 0 Å². The highest BCUT2D eigenvalue weighted by Gasteiger charge is 2.11. The molecule has 0 heterocycles. The van der Waals surface area contributed by atoms with Crippen molar-refractivity contribution in [3.63, 3.8) is 0 Å². The Morgan fingerprint density at radius 3 is 2.60 bits per heavy atom. The summed E-state index contributed by atoms with van der Waals surface area (Å²) in [6.07, 6.45) is 1.19. The van der Waals surface area contributed by atoms with Crippen molar-refractivity contribution in [2.45, 2.75) is 26.7 Å². The van der Waals surface area contributed by atoms with Crippen molar-refractivity contribution in [3.8, 4) is 0 Å². The van der Waals surface area contributed by atoms with Gasteiger partial charge >= 0.3 is 0 Å². The Bertz CT molecular complexity index is 399. The maximum atomic E-state index is 12.1. The van der Waals surface area contributed by atoms with Crippen LogP contribution in [0.4, 0.5) is 5.69 Å². The molecule has 0 saturated carbocycles. The van der Waals surface area contributed by atoms with Crippen LogP contribution in [0.3, 0.4) is 0 Å². The number of likely N-dealkylation sites (N-methyl/N-ethyl adjacent to an activating group) is 1. The lowest BCUT2D eigenvalue weighted by atomic mass is 10.1. The Morgan fingerprint density at radius 2 is 2.00 bits per heavy atom. The zero-order valence-electron chi connectivity index (χ0n) is 12.3. The van der Waals surface area contributed by atoms with Gasteiger partial charge in [-0.1, -0.05) is 18.2 Å². The maximum Gasteiger partial charge on any atom is 0.222 e. The van der Waals surface area contributed by atoms with Crippen LogP contribution in [0.15, 0.2) is 24.3 Å². The molecular formula is C15H25ClN2O2. The van der Waals surface area contributed by atoms with E-state index in [2.05, 4.69) is 0 Å². The molecule has 1 rings (SSSR count). The number of ether oxygens (including phenoxy) is 1. The van der Waals surface area contributed by atoms with Crippen LogP contribution < -0.4 is 5.73 Å². The average Bonchev–Trinajstić information content (AvgIpc) is 2.42. The molecule has 1 aromatic rings. The van der Waals surface area contributed by atoms with Crippen molar-refractivity contribution in [1.29, 1.82) is 0 Å². The Labute approximate surface area is 127 Å². The van der Waals surface area contributed by atoms with Crippen molar-refractivity contribution >= 4 is 24.0 Å². The molecule has 0 bridgehead atoms. The van der Waals surface area contributed by atoms with Crippen LogP contribution in [0.5, 0.6) is 0 Å². The summed E-state index contributed by atoms with van der Waals surface area (Å²) >= 11 is 0. The van der Waals surface area contributed by atoms with E-state index in [9.17, 15) is 4.79 Å². The van der Waals surface area contributed by atoms with E-state index in [0.29, 0.717) is 32.6 Å². The highest BCUT2D eigenvalue weighted by atomic mass is 35.5. The van der Waals surface area contributed by atoms with E-state index in [-0.39, 0.29) is 18.3 Å². The molecule has 0 fully saturated rings. The summed E-state index contributed by atoms with van der Waals surface area (Å²) in [7, 11) is 0. The van der Waals surface area contributed by atoms with Crippen LogP contribution in [0, 0.1) is 0 Å². The molecule has 0 aromatic heterocycles. The largest absolute Gasteiger partial charge is 0.399 e. The van der Waals surface area contributed by atoms with E-state index >= 15 is 0 Å². The molecule has 0 aliphatic rings. The summed E-state index contributed by atoms with van der Waals surface area (Å²) in [5, 5.41) is 0. The number of hydrogen-bond donors (Lipinski definition) is 1. The smallest absolute Gasteiger partial charge is 0.222 e. The number of amides is 1. The zero-order valence-corrected chi connectivity index (χ0v) is 13.1. The van der Waals surface area contributed by atoms with Gasteiger partial charge in [0.05, 0.1) is 6.61 Å². The van der Waals surface area contributed by atoms with Gasteiger partial charge in [0.15, 0.2) is 0 Å². The van der Waals surface area contributed by atoms with Gasteiger partial charge < -0.3 is 15.4 Å². The van der Waals surface area contributed by atoms with Crippen LogP contribution in [-0.2, 0) is 16.0 Å². The molecule has 2 N–H and O–H groups in total. The molecule has 0 atom stereocenters. The molecule has 0 radical (unpaired) electrons. The number of hydrogen-bond acceptors (Lipinski definition) is 3. The van der Waals surface area contributed by atoms with Gasteiger partial charge in [0.1, 0.15) is 0 Å². The number of anilines is 1. The van der Waals surface area contributed by atoms with E-state index < -0.39 is 0 Å². The number of carbonyl (C=O) groups is 1. The Kier molecular flexibility index (Phi) is 9.86. The molecular weight excluding hydrogens is 276 g/mol. The molecule has 4 nitrogen and oxygen atoms in total. The first-order valence-electron chi connectivity index (χ1n) is 6.87. The van der Waals surface area contributed by atoms with Crippen LogP contribution in [0.2, 0.25) is 0 Å². The van der Waals surface area contributed by atoms with E-state index in [1.165, 1.54) is 0 Å². The maximum absolute atomic E-state index is 12.1. The van der Waals surface area contributed by atoms with Gasteiger partial charge in [-0.15, -0.1) is 12.4 Å². The van der Waals surface area contributed by atoms with Gasteiger partial charge in [0, 0.05) is 31.8 Å². The third kappa shape index (κ3) is 6.26. The van der Waals surface area contributed by atoms with Gasteiger partial charge in [-0.3, -0.25) is 4.79 Å². The van der Waals surface area contributed by atoms with Crippen molar-refractivity contribution in [1.82, 2.24) is 4.90 Å². The molecule has 0 aliphatic heterocycles. The molecule has 0 spiro atoms. The fraction of sp³-hybridized carbons (Fsp3) is 0.533. The summed E-state index contributed by atoms with van der Waals surface area (Å²) in [6, 6.07) is 7.69. The predicted octanol–water partition coefficient (Wildman–Crippen LogP) is 2.51. The van der Waals surface area contributed by atoms with Gasteiger partial charge in [0.2, 0.25) is 5.91 Å². The third-order valence-electron chi connectivity index (χ3n) is 3.11. The lowest BCUT2D eigenvalue weighted by Crippen LogP contribution is -2.34. The van der Waals surface area contributed by atoms with Crippen molar-refractivity contribution in [2.75, 3.05) is 32.0 Å². The molecule has 114 valence electrons. The van der Waals surface area contributed by atoms with E-state index in [0.717, 1.165) is 17.8 Å². The summed E-state index contributed by atoms with van der Waals surface area (Å²) in [5.74, 6) is 0.158. The second-order valence-electron chi connectivity index (χ2n) is 4.37. The van der Waals surface area contributed by atoms with Crippen molar-refractivity contribution < 1.29 is 9.53 Å². The number of carbonyl (C=O) groups excluding carboxylic acids is 1. The minimum atomic E-state index is 0. The Balaban J connectivity index is 0.00000361. The number of para-hydroxylation sites is 1. The van der Waals surface area contributed by atoms with E-state index in [1.807, 2.05) is 43.0 Å². The molecule has 1 aromatic carbocycles. The summed E-state index contributed by atoms with van der Waals surface area (Å²) < 4.78 is 5.28. The lowest BCUT2D eigenvalue weighted by molar-refractivity contribution is -0.131. The minimum Gasteiger partial charge on any atom is -0.399 e. The second-order valence-corrected chi connectivity index (χ2v) is 4.37. The number of nitrogens with two attached hydrogens (primary N) is 1. The first-order valence-corrected chi connectivity index (χ1v) is 6.87. The van der Waals surface area contributed by atoms with Gasteiger partial charge in [0.25, 0.3) is 0 Å². The van der Waals surface area contributed by atoms with E-state index in [4.69, 9.17) is 10.5 Å². The molecule has 0 unspecified atom stereocenters. The quantitative estimate of drug-likeness (QED) is 0.593. The number of nitrogens with zero attached hydrogens (tertiary/aromatic N) is 1. The number of aryl methyl sites for hydroxylation is 1. The highest BCUT2D eigenvalue weighted by molar-refractivity contribution is 5.85. The first kappa shape index (κ1) is 18.7. The van der Waals surface area contributed by atoms with Crippen LogP contribution in [0.25, 0.3) is 0 Å². The average molecular weight is 301 g/mol. The number of benzene rings is 1. The highest BCUT2D eigenvalue weighted by Crippen LogP contribution is 2.13. The summed E-state index contributed by atoms with van der Waals surface area (Å²) in [4.78, 5) is 13.9. The molecule has 1 amide bonds. The number of rotatable bonds is 8. The van der Waals surface area contributed by atoms with Gasteiger partial charge in [-0.05, 0) is 31.9 Å². The minimum absolute atomic E-state index is 0. The monoisotopic (exact) mass is 300 g/mol. The number of nitrogen functional groups attached to an aromatic ring is 1. The normalized spacial score (nSPS) is 9.90. The third-order valence-corrected chi connectivity index (χ3v) is 3.11. The van der Waals surface area contributed by atoms with Crippen LogP contribution >= 0.6 is 12.4 Å². The molecule has 0 aliphatic carbocycles. The molecule has 5 heteroatoms. The predicted molar refractivity (Wildman–Crippen MR) is 85.2 cm³/mol. The zero-order chi connectivity index (χ0) is 14.1. The first-order chi connectivity index (χ1) is 9.19. The summed E-state index contributed by atoms with van der Waals surface area (Å²) in [5.41, 5.74) is 7.66. The summed E-state index contributed by atoms with van der Waals surface area (Å²) in [6.45, 7) is 6.61. The van der Waals surface area contributed by atoms with Crippen LogP contribution in [0.1, 0.15) is 25.8 Å². The second kappa shape index (κ2) is 10.5. The van der Waals surface area contributed by atoms with E-state index in [1.54, 1.807) is 0 Å². The molecule has 20 heavy (non-hydrogen) atoms. The van der Waals surface area contributed by atoms with Crippen molar-refractivity contribution in [2.24, 2.45) is 0 Å². The van der Waals surface area contributed by atoms with Crippen LogP contribution in [-0.4, -0.2) is 37.1 Å². The Hall–Kier alpha value is -1.26. The van der Waals surface area contributed by atoms with Crippen molar-refractivity contribution in [3.05, 3.63) is 29.8 Å². The fourth-order valence-corrected chi connectivity index (χ4v) is 1.94.